The molecule has 1 aliphatic rings. The maximum Gasteiger partial charge on any atom is 0.573 e. The lowest BCUT2D eigenvalue weighted by Gasteiger charge is -2.29. The maximum atomic E-state index is 13.3. The van der Waals surface area contributed by atoms with Gasteiger partial charge in [-0.2, -0.15) is 0 Å². The van der Waals surface area contributed by atoms with E-state index < -0.39 is 35.9 Å². The van der Waals surface area contributed by atoms with Crippen LogP contribution in [0, 0.1) is 5.92 Å². The van der Waals surface area contributed by atoms with E-state index in [4.69, 9.17) is 10.7 Å². The molecule has 12 heteroatoms. The molecule has 5 aromatic rings. The zero-order valence-corrected chi connectivity index (χ0v) is 23.6. The Kier molecular flexibility index (Phi) is 7.79. The number of fused-ring (bicyclic) bond motifs is 2. The van der Waals surface area contributed by atoms with Crippen LogP contribution >= 0.6 is 0 Å². The van der Waals surface area contributed by atoms with Crippen molar-refractivity contribution in [2.45, 2.75) is 25.2 Å². The number of nitrogens with two attached hydrogens (primary N) is 1. The van der Waals surface area contributed by atoms with Crippen LogP contribution in [0.15, 0.2) is 97.2 Å². The van der Waals surface area contributed by atoms with E-state index >= 15 is 0 Å². The van der Waals surface area contributed by atoms with Gasteiger partial charge in [-0.05, 0) is 47.5 Å². The summed E-state index contributed by atoms with van der Waals surface area (Å²) in [7, 11) is 0. The van der Waals surface area contributed by atoms with Gasteiger partial charge >= 0.3 is 6.36 Å². The van der Waals surface area contributed by atoms with E-state index in [1.807, 2.05) is 18.2 Å². The van der Waals surface area contributed by atoms with E-state index in [-0.39, 0.29) is 25.3 Å². The molecule has 0 bridgehead atoms. The number of hydrogen-bond acceptors (Lipinski definition) is 6. The summed E-state index contributed by atoms with van der Waals surface area (Å²) in [5.41, 5.74) is 9.01. The normalized spacial score (nSPS) is 14.4. The van der Waals surface area contributed by atoms with Crippen LogP contribution in [0.25, 0.3) is 11.2 Å². The summed E-state index contributed by atoms with van der Waals surface area (Å²) in [4.78, 5) is 50.1. The molecule has 0 saturated heterocycles. The first-order chi connectivity index (χ1) is 21.6. The summed E-state index contributed by atoms with van der Waals surface area (Å²) in [5, 5.41) is 0. The van der Waals surface area contributed by atoms with E-state index in [0.29, 0.717) is 39.2 Å². The Morgan fingerprint density at radius 2 is 1.51 bits per heavy atom. The first-order valence-electron chi connectivity index (χ1n) is 14.0. The number of nitrogens with zero attached hydrogens (tertiary/aromatic N) is 4. The van der Waals surface area contributed by atoms with Crippen molar-refractivity contribution in [1.29, 1.82) is 0 Å². The molecule has 3 aromatic carbocycles. The first-order valence-corrected chi connectivity index (χ1v) is 14.0. The number of carbonyl (C=O) groups excluding carboxylic acids is 3. The molecule has 0 radical (unpaired) electrons. The van der Waals surface area contributed by atoms with Gasteiger partial charge in [-0.25, -0.2) is 9.97 Å². The fourth-order valence-corrected chi connectivity index (χ4v) is 5.71. The average Bonchev–Trinajstić information content (AvgIpc) is 3.48. The largest absolute Gasteiger partial charge is 0.573 e. The number of imide groups is 1. The minimum atomic E-state index is -4.81. The molecule has 1 unspecified atom stereocenters. The third-order valence-electron chi connectivity index (χ3n) is 7.82. The van der Waals surface area contributed by atoms with Crippen LogP contribution in [-0.2, 0) is 17.8 Å². The van der Waals surface area contributed by atoms with Crippen LogP contribution in [0.5, 0.6) is 5.75 Å². The minimum Gasteiger partial charge on any atom is -0.406 e. The number of halogens is 3. The van der Waals surface area contributed by atoms with E-state index in [9.17, 15) is 27.6 Å². The van der Waals surface area contributed by atoms with Crippen LogP contribution in [-0.4, -0.2) is 50.1 Å². The second kappa shape index (κ2) is 11.9. The summed E-state index contributed by atoms with van der Waals surface area (Å²) < 4.78 is 43.8. The number of aromatic nitrogens is 3. The van der Waals surface area contributed by atoms with Crippen molar-refractivity contribution >= 4 is 28.9 Å². The lowest BCUT2D eigenvalue weighted by Crippen LogP contribution is -2.40. The molecule has 2 aromatic heterocycles. The highest BCUT2D eigenvalue weighted by Gasteiger charge is 2.40. The maximum absolute atomic E-state index is 13.3. The van der Waals surface area contributed by atoms with Crippen molar-refractivity contribution in [3.8, 4) is 5.75 Å². The summed E-state index contributed by atoms with van der Waals surface area (Å²) in [6, 6.07) is 24.5. The van der Waals surface area contributed by atoms with E-state index in [1.165, 1.54) is 24.3 Å². The van der Waals surface area contributed by atoms with Gasteiger partial charge in [0.2, 0.25) is 5.91 Å². The molecule has 6 rings (SSSR count). The fourth-order valence-electron chi connectivity index (χ4n) is 5.71. The molecule has 45 heavy (non-hydrogen) atoms. The number of carbonyl (C=O) groups is 3. The Morgan fingerprint density at radius 1 is 0.867 bits per heavy atom. The predicted octanol–water partition coefficient (Wildman–Crippen LogP) is 5.10. The molecule has 0 spiro atoms. The molecule has 3 heterocycles. The quantitative estimate of drug-likeness (QED) is 0.219. The monoisotopic (exact) mass is 613 g/mol. The highest BCUT2D eigenvalue weighted by molar-refractivity contribution is 6.21. The Labute approximate surface area is 255 Å². The van der Waals surface area contributed by atoms with Crippen LogP contribution < -0.4 is 10.5 Å². The van der Waals surface area contributed by atoms with Gasteiger partial charge in [0.25, 0.3) is 11.8 Å². The number of pyridine rings is 1. The molecule has 0 aliphatic carbocycles. The van der Waals surface area contributed by atoms with Crippen molar-refractivity contribution in [1.82, 2.24) is 19.4 Å². The molecule has 228 valence electrons. The van der Waals surface area contributed by atoms with Gasteiger partial charge < -0.3 is 15.0 Å². The Balaban J connectivity index is 1.35. The summed E-state index contributed by atoms with van der Waals surface area (Å²) in [6.45, 7) is 0.0815. The molecular formula is C33H26F3N5O4. The second-order valence-corrected chi connectivity index (χ2v) is 10.6. The second-order valence-electron chi connectivity index (χ2n) is 10.6. The molecule has 3 amide bonds. The van der Waals surface area contributed by atoms with Crippen molar-refractivity contribution in [2.75, 3.05) is 6.54 Å². The van der Waals surface area contributed by atoms with E-state index in [2.05, 4.69) is 9.72 Å². The number of ether oxygens (including phenoxy) is 1. The highest BCUT2D eigenvalue weighted by atomic mass is 19.4. The Morgan fingerprint density at radius 3 is 2.13 bits per heavy atom. The number of imidazole rings is 1. The van der Waals surface area contributed by atoms with Gasteiger partial charge in [0.05, 0.1) is 23.6 Å². The number of amides is 3. The summed E-state index contributed by atoms with van der Waals surface area (Å²) in [5.74, 6) is -3.04. The Hall–Kier alpha value is -5.52. The molecule has 0 fully saturated rings. The molecule has 0 saturated carbocycles. The van der Waals surface area contributed by atoms with Crippen molar-refractivity contribution in [3.05, 3.63) is 125 Å². The molecular weight excluding hydrogens is 587 g/mol. The number of benzene rings is 3. The standard InChI is InChI=1S/C33H26F3N5O4/c34-33(35,36)45-22-14-12-20(13-15-22)18-40-28(39-27-11-6-16-38-30(27)40)17-25(29(37)42)26(21-7-2-1-3-8-21)19-41-31(43)23-9-4-5-10-24(23)32(41)44/h1-16,25-26H,17-19H2,(H2,37,42)/t25?,26-/m0/s1. The van der Waals surface area contributed by atoms with Crippen molar-refractivity contribution < 1.29 is 32.3 Å². The van der Waals surface area contributed by atoms with Crippen LogP contribution in [0.4, 0.5) is 13.2 Å². The van der Waals surface area contributed by atoms with Crippen LogP contribution in [0.1, 0.15) is 43.6 Å². The number of hydrogen-bond donors (Lipinski definition) is 1. The van der Waals surface area contributed by atoms with Crippen molar-refractivity contribution in [3.63, 3.8) is 0 Å². The topological polar surface area (TPSA) is 120 Å². The molecule has 1 aliphatic heterocycles. The van der Waals surface area contributed by atoms with E-state index in [0.717, 1.165) is 4.90 Å². The molecule has 9 nitrogen and oxygen atoms in total. The van der Waals surface area contributed by atoms with Crippen LogP contribution in [0.2, 0.25) is 0 Å². The summed E-state index contributed by atoms with van der Waals surface area (Å²) >= 11 is 0. The van der Waals surface area contributed by atoms with Gasteiger partial charge in [-0.3, -0.25) is 19.3 Å². The summed E-state index contributed by atoms with van der Waals surface area (Å²) in [6.07, 6.45) is -3.19. The smallest absolute Gasteiger partial charge is 0.406 e. The average molecular weight is 614 g/mol. The predicted molar refractivity (Wildman–Crippen MR) is 157 cm³/mol. The zero-order chi connectivity index (χ0) is 31.7. The Bertz CT molecular complexity index is 1860. The first kappa shape index (κ1) is 29.5. The number of primary amides is 1. The number of rotatable bonds is 10. The zero-order valence-electron chi connectivity index (χ0n) is 23.6. The fraction of sp³-hybridized carbons (Fsp3) is 0.182. The van der Waals surface area contributed by atoms with Gasteiger partial charge in [0.1, 0.15) is 17.1 Å². The minimum absolute atomic E-state index is 0.0314. The highest BCUT2D eigenvalue weighted by Crippen LogP contribution is 2.33. The van der Waals surface area contributed by atoms with Gasteiger partial charge in [0.15, 0.2) is 5.65 Å². The number of alkyl halides is 3. The molecule has 2 atom stereocenters. The van der Waals surface area contributed by atoms with Gasteiger partial charge in [0, 0.05) is 25.1 Å². The lowest BCUT2D eigenvalue weighted by molar-refractivity contribution is -0.274. The molecule has 2 N–H and O–H groups in total. The lowest BCUT2D eigenvalue weighted by atomic mass is 9.82. The van der Waals surface area contributed by atoms with Gasteiger partial charge in [-0.1, -0.05) is 54.6 Å². The van der Waals surface area contributed by atoms with Crippen LogP contribution in [0.3, 0.4) is 0 Å². The van der Waals surface area contributed by atoms with Gasteiger partial charge in [-0.15, -0.1) is 13.2 Å². The van der Waals surface area contributed by atoms with Crippen molar-refractivity contribution in [2.24, 2.45) is 11.7 Å². The van der Waals surface area contributed by atoms with E-state index in [1.54, 1.807) is 59.3 Å². The SMILES string of the molecule is NC(=O)C(Cc1nc2cccnc2n1Cc1ccc(OC(F)(F)F)cc1)[C@@H](CN1C(=O)c2ccccc2C1=O)c1ccccc1. The third kappa shape index (κ3) is 6.12. The third-order valence-corrected chi connectivity index (χ3v) is 7.82.